The normalized spacial score (nSPS) is 11.3. The summed E-state index contributed by atoms with van der Waals surface area (Å²) >= 11 is 0. The van der Waals surface area contributed by atoms with Crippen molar-refractivity contribution in [2.24, 2.45) is 14.1 Å². The SMILES string of the molecule is Cn1c(-c2ccc([N+](=O)[O-])cc2)nc2cc(-c3ccc4nc(-c5ccc([N+](=O)[O-])cc5)n(C)c4c3)ccc21. The summed E-state index contributed by atoms with van der Waals surface area (Å²) < 4.78 is 3.95. The number of nitro benzene ring substituents is 2. The van der Waals surface area contributed by atoms with Crippen LogP contribution in [0.5, 0.6) is 0 Å². The minimum atomic E-state index is -0.418. The number of imidazole rings is 2. The van der Waals surface area contributed by atoms with Crippen LogP contribution in [0.4, 0.5) is 11.4 Å². The molecule has 0 radical (unpaired) electrons. The van der Waals surface area contributed by atoms with Gasteiger partial charge >= 0.3 is 0 Å². The molecule has 2 aromatic heterocycles. The maximum absolute atomic E-state index is 11.0. The molecule has 0 atom stereocenters. The standard InChI is InChI=1S/C28H20N6O4/c1-31-25-14-8-19(15-24(25)30-28(31)18-5-11-22(12-6-18)34(37)38)20-7-13-23-26(16-20)32(2)27(29-23)17-3-9-21(10-4-17)33(35)36/h3-16H,1-2H3. The number of benzene rings is 4. The Hall–Kier alpha value is -5.38. The molecule has 10 heteroatoms. The van der Waals surface area contributed by atoms with Crippen molar-refractivity contribution >= 4 is 33.4 Å². The number of rotatable bonds is 5. The van der Waals surface area contributed by atoms with Crippen LogP contribution in [0.15, 0.2) is 84.9 Å². The fourth-order valence-corrected chi connectivity index (χ4v) is 4.73. The van der Waals surface area contributed by atoms with Gasteiger partial charge < -0.3 is 9.13 Å². The Morgan fingerprint density at radius 1 is 0.553 bits per heavy atom. The number of hydrogen-bond donors (Lipinski definition) is 0. The molecule has 0 amide bonds. The second-order valence-electron chi connectivity index (χ2n) is 9.00. The molecule has 0 spiro atoms. The zero-order valence-corrected chi connectivity index (χ0v) is 20.4. The minimum Gasteiger partial charge on any atom is -0.327 e. The van der Waals surface area contributed by atoms with Gasteiger partial charge in [0.15, 0.2) is 0 Å². The lowest BCUT2D eigenvalue weighted by Gasteiger charge is -2.05. The maximum atomic E-state index is 11.0. The molecule has 4 aromatic carbocycles. The van der Waals surface area contributed by atoms with E-state index in [1.807, 2.05) is 53.6 Å². The van der Waals surface area contributed by atoms with Crippen molar-refractivity contribution in [3.8, 4) is 33.9 Å². The molecular weight excluding hydrogens is 484 g/mol. The van der Waals surface area contributed by atoms with E-state index in [1.165, 1.54) is 24.3 Å². The van der Waals surface area contributed by atoms with Crippen LogP contribution in [-0.4, -0.2) is 28.9 Å². The first-order valence-electron chi connectivity index (χ1n) is 11.7. The van der Waals surface area contributed by atoms with Crippen LogP contribution >= 0.6 is 0 Å². The molecule has 38 heavy (non-hydrogen) atoms. The highest BCUT2D eigenvalue weighted by atomic mass is 16.6. The van der Waals surface area contributed by atoms with Crippen molar-refractivity contribution in [1.82, 2.24) is 19.1 Å². The quantitative estimate of drug-likeness (QED) is 0.201. The molecule has 186 valence electrons. The molecule has 0 N–H and O–H groups in total. The van der Waals surface area contributed by atoms with E-state index >= 15 is 0 Å². The van der Waals surface area contributed by atoms with Crippen LogP contribution in [0.1, 0.15) is 0 Å². The lowest BCUT2D eigenvalue weighted by atomic mass is 10.0. The van der Waals surface area contributed by atoms with Crippen molar-refractivity contribution in [1.29, 1.82) is 0 Å². The molecular formula is C28H20N6O4. The molecule has 6 aromatic rings. The molecule has 0 unspecified atom stereocenters. The summed E-state index contributed by atoms with van der Waals surface area (Å²) in [6, 6.07) is 24.9. The summed E-state index contributed by atoms with van der Waals surface area (Å²) in [6.07, 6.45) is 0. The molecule has 0 saturated carbocycles. The number of hydrogen-bond acceptors (Lipinski definition) is 6. The summed E-state index contributed by atoms with van der Waals surface area (Å²) in [7, 11) is 3.85. The second kappa shape index (κ2) is 8.63. The summed E-state index contributed by atoms with van der Waals surface area (Å²) in [5, 5.41) is 22.0. The van der Waals surface area contributed by atoms with E-state index in [-0.39, 0.29) is 11.4 Å². The number of nitro groups is 2. The molecule has 0 saturated heterocycles. The van der Waals surface area contributed by atoms with Gasteiger partial charge in [0.25, 0.3) is 11.4 Å². The fourth-order valence-electron chi connectivity index (χ4n) is 4.73. The first-order valence-corrected chi connectivity index (χ1v) is 11.7. The van der Waals surface area contributed by atoms with Gasteiger partial charge in [0, 0.05) is 49.5 Å². The highest BCUT2D eigenvalue weighted by Crippen LogP contribution is 2.32. The molecule has 10 nitrogen and oxygen atoms in total. The first kappa shape index (κ1) is 23.0. The summed E-state index contributed by atoms with van der Waals surface area (Å²) in [5.41, 5.74) is 7.18. The fraction of sp³-hybridized carbons (Fsp3) is 0.0714. The third-order valence-electron chi connectivity index (χ3n) is 6.77. The monoisotopic (exact) mass is 504 g/mol. The van der Waals surface area contributed by atoms with Gasteiger partial charge in [0.2, 0.25) is 0 Å². The van der Waals surface area contributed by atoms with Gasteiger partial charge in [-0.3, -0.25) is 20.2 Å². The van der Waals surface area contributed by atoms with Crippen LogP contribution in [-0.2, 0) is 14.1 Å². The van der Waals surface area contributed by atoms with Crippen LogP contribution in [0, 0.1) is 20.2 Å². The smallest absolute Gasteiger partial charge is 0.269 e. The van der Waals surface area contributed by atoms with E-state index in [2.05, 4.69) is 6.07 Å². The van der Waals surface area contributed by atoms with E-state index in [0.29, 0.717) is 0 Å². The molecule has 6 rings (SSSR count). The predicted octanol–water partition coefficient (Wildman–Crippen LogP) is 6.28. The molecule has 0 aliphatic rings. The predicted molar refractivity (Wildman–Crippen MR) is 145 cm³/mol. The van der Waals surface area contributed by atoms with E-state index in [4.69, 9.17) is 9.97 Å². The molecule has 0 aliphatic carbocycles. The summed E-state index contributed by atoms with van der Waals surface area (Å²) in [4.78, 5) is 30.7. The number of aryl methyl sites for hydroxylation is 2. The van der Waals surface area contributed by atoms with Crippen molar-refractivity contribution in [3.63, 3.8) is 0 Å². The van der Waals surface area contributed by atoms with Crippen LogP contribution in [0.25, 0.3) is 56.0 Å². The van der Waals surface area contributed by atoms with Gasteiger partial charge in [-0.15, -0.1) is 0 Å². The third-order valence-corrected chi connectivity index (χ3v) is 6.77. The van der Waals surface area contributed by atoms with E-state index in [1.54, 1.807) is 24.3 Å². The van der Waals surface area contributed by atoms with Crippen molar-refractivity contribution < 1.29 is 9.85 Å². The molecule has 0 bridgehead atoms. The minimum absolute atomic E-state index is 0.0384. The van der Waals surface area contributed by atoms with Gasteiger partial charge in [0.05, 0.1) is 31.9 Å². The number of fused-ring (bicyclic) bond motifs is 2. The maximum Gasteiger partial charge on any atom is 0.269 e. The topological polar surface area (TPSA) is 122 Å². The average Bonchev–Trinajstić information content (AvgIpc) is 3.44. The average molecular weight is 505 g/mol. The van der Waals surface area contributed by atoms with Crippen LogP contribution in [0.2, 0.25) is 0 Å². The largest absolute Gasteiger partial charge is 0.327 e. The second-order valence-corrected chi connectivity index (χ2v) is 9.00. The number of non-ortho nitro benzene ring substituents is 2. The Kier molecular flexibility index (Phi) is 5.23. The third kappa shape index (κ3) is 3.75. The lowest BCUT2D eigenvalue weighted by molar-refractivity contribution is -0.385. The Labute approximate surface area is 215 Å². The molecule has 0 aliphatic heterocycles. The highest BCUT2D eigenvalue weighted by Gasteiger charge is 2.15. The number of nitrogens with zero attached hydrogens (tertiary/aromatic N) is 6. The van der Waals surface area contributed by atoms with Crippen molar-refractivity contribution in [2.75, 3.05) is 0 Å². The van der Waals surface area contributed by atoms with Crippen molar-refractivity contribution in [2.45, 2.75) is 0 Å². The van der Waals surface area contributed by atoms with E-state index in [0.717, 1.165) is 56.0 Å². The van der Waals surface area contributed by atoms with Gasteiger partial charge in [-0.1, -0.05) is 12.1 Å². The van der Waals surface area contributed by atoms with Gasteiger partial charge in [0.1, 0.15) is 11.6 Å². The van der Waals surface area contributed by atoms with Crippen LogP contribution in [0.3, 0.4) is 0 Å². The Bertz CT molecular complexity index is 1890. The van der Waals surface area contributed by atoms with Gasteiger partial charge in [-0.05, 0) is 59.7 Å². The van der Waals surface area contributed by atoms with Gasteiger partial charge in [-0.25, -0.2) is 9.97 Å². The lowest BCUT2D eigenvalue weighted by Crippen LogP contribution is -1.93. The first-order chi connectivity index (χ1) is 18.3. The van der Waals surface area contributed by atoms with Gasteiger partial charge in [-0.2, -0.15) is 0 Å². The zero-order chi connectivity index (χ0) is 26.6. The number of aromatic nitrogens is 4. The Morgan fingerprint density at radius 2 is 1.00 bits per heavy atom. The van der Waals surface area contributed by atoms with Crippen LogP contribution < -0.4 is 0 Å². The molecule has 2 heterocycles. The zero-order valence-electron chi connectivity index (χ0n) is 20.4. The Morgan fingerprint density at radius 3 is 1.55 bits per heavy atom. The summed E-state index contributed by atoms with van der Waals surface area (Å²) in [6.45, 7) is 0. The van der Waals surface area contributed by atoms with E-state index in [9.17, 15) is 20.2 Å². The highest BCUT2D eigenvalue weighted by molar-refractivity contribution is 5.89. The summed E-state index contributed by atoms with van der Waals surface area (Å²) in [5.74, 6) is 1.45. The molecule has 0 fully saturated rings. The van der Waals surface area contributed by atoms with E-state index < -0.39 is 9.85 Å². The van der Waals surface area contributed by atoms with Crippen molar-refractivity contribution in [3.05, 3.63) is 105 Å². The Balaban J connectivity index is 1.38.